The summed E-state index contributed by atoms with van der Waals surface area (Å²) in [6.45, 7) is 7.50. The van der Waals surface area contributed by atoms with Crippen LogP contribution in [0.25, 0.3) is 11.1 Å². The summed E-state index contributed by atoms with van der Waals surface area (Å²) in [5.41, 5.74) is 3.77. The Kier molecular flexibility index (Phi) is 8.88. The molecule has 0 aliphatic rings. The molecule has 0 saturated carbocycles. The van der Waals surface area contributed by atoms with E-state index in [1.54, 1.807) is 18.2 Å². The lowest BCUT2D eigenvalue weighted by molar-refractivity contribution is 0.0727. The molecule has 0 amide bonds. The lowest BCUT2D eigenvalue weighted by Crippen LogP contribution is -2.09. The van der Waals surface area contributed by atoms with Gasteiger partial charge in [0.15, 0.2) is 11.5 Å². The minimum absolute atomic E-state index is 0.0738. The van der Waals surface area contributed by atoms with Crippen LogP contribution >= 0.6 is 0 Å². The van der Waals surface area contributed by atoms with Crippen LogP contribution in [0.2, 0.25) is 0 Å². The maximum atomic E-state index is 12.7. The third-order valence-electron chi connectivity index (χ3n) is 5.31. The summed E-state index contributed by atoms with van der Waals surface area (Å²) < 4.78 is 17.1. The normalized spacial score (nSPS) is 11.7. The molecule has 0 aliphatic carbocycles. The molecule has 0 spiro atoms. The third-order valence-corrected chi connectivity index (χ3v) is 5.31. The van der Waals surface area contributed by atoms with E-state index in [4.69, 9.17) is 14.2 Å². The highest BCUT2D eigenvalue weighted by Crippen LogP contribution is 2.28. The van der Waals surface area contributed by atoms with Gasteiger partial charge in [-0.3, -0.25) is 0 Å². The molecule has 0 N–H and O–H groups in total. The van der Waals surface area contributed by atoms with Crippen LogP contribution in [0.1, 0.15) is 62.1 Å². The van der Waals surface area contributed by atoms with Gasteiger partial charge in [-0.05, 0) is 61.2 Å². The molecule has 0 heterocycles. The number of carbonyl (C=O) groups is 1. The van der Waals surface area contributed by atoms with Crippen molar-refractivity contribution in [3.05, 3.63) is 83.9 Å². The van der Waals surface area contributed by atoms with Gasteiger partial charge in [-0.25, -0.2) is 4.79 Å². The van der Waals surface area contributed by atoms with Gasteiger partial charge in [-0.2, -0.15) is 0 Å². The first-order valence-electron chi connectivity index (χ1n) is 11.4. The van der Waals surface area contributed by atoms with Crippen LogP contribution in [0.5, 0.6) is 11.5 Å². The predicted molar refractivity (Wildman–Crippen MR) is 128 cm³/mol. The summed E-state index contributed by atoms with van der Waals surface area (Å²) in [5, 5.41) is 0. The van der Waals surface area contributed by atoms with Crippen molar-refractivity contribution in [3.8, 4) is 22.6 Å². The molecule has 0 saturated heterocycles. The van der Waals surface area contributed by atoms with Crippen molar-refractivity contribution < 1.29 is 19.0 Å². The Balaban J connectivity index is 1.65. The molecule has 0 bridgehead atoms. The van der Waals surface area contributed by atoms with E-state index in [0.29, 0.717) is 30.3 Å². The molecule has 3 rings (SSSR count). The first-order valence-corrected chi connectivity index (χ1v) is 11.4. The number of benzene rings is 3. The minimum Gasteiger partial charge on any atom is -0.490 e. The summed E-state index contributed by atoms with van der Waals surface area (Å²) in [4.78, 5) is 12.7. The highest BCUT2D eigenvalue weighted by atomic mass is 16.6. The van der Waals surface area contributed by atoms with Crippen molar-refractivity contribution in [1.29, 1.82) is 0 Å². The molecule has 0 aliphatic heterocycles. The van der Waals surface area contributed by atoms with E-state index in [2.05, 4.69) is 31.2 Å². The largest absolute Gasteiger partial charge is 0.490 e. The number of para-hydroxylation sites is 2. The third kappa shape index (κ3) is 6.44. The second-order valence-electron chi connectivity index (χ2n) is 7.69. The van der Waals surface area contributed by atoms with Gasteiger partial charge in [0, 0.05) is 6.61 Å². The summed E-state index contributed by atoms with van der Waals surface area (Å²) in [5.74, 6) is 0.633. The fraction of sp³-hybridized carbons (Fsp3) is 0.321. The number of unbranched alkanes of at least 4 members (excludes halogenated alkanes) is 2. The second kappa shape index (κ2) is 12.1. The van der Waals surface area contributed by atoms with Gasteiger partial charge < -0.3 is 14.2 Å². The monoisotopic (exact) mass is 432 g/mol. The van der Waals surface area contributed by atoms with Gasteiger partial charge in [0.25, 0.3) is 0 Å². The zero-order valence-corrected chi connectivity index (χ0v) is 19.2. The lowest BCUT2D eigenvalue weighted by Gasteiger charge is -2.13. The number of rotatable bonds is 11. The van der Waals surface area contributed by atoms with Gasteiger partial charge in [0.1, 0.15) is 0 Å². The lowest BCUT2D eigenvalue weighted by atomic mass is 10.0. The maximum absolute atomic E-state index is 12.7. The van der Waals surface area contributed by atoms with E-state index in [1.807, 2.05) is 44.2 Å². The van der Waals surface area contributed by atoms with Crippen molar-refractivity contribution in [3.63, 3.8) is 0 Å². The topological polar surface area (TPSA) is 44.8 Å². The molecule has 3 aromatic carbocycles. The van der Waals surface area contributed by atoms with Crippen LogP contribution in [0.4, 0.5) is 0 Å². The number of esters is 1. The van der Waals surface area contributed by atoms with Crippen molar-refractivity contribution in [2.24, 2.45) is 0 Å². The molecule has 3 aromatic rings. The average Bonchev–Trinajstić information content (AvgIpc) is 2.83. The number of ether oxygens (including phenoxy) is 3. The highest BCUT2D eigenvalue weighted by Gasteiger charge is 2.13. The van der Waals surface area contributed by atoms with E-state index in [1.165, 1.54) is 0 Å². The molecule has 4 nitrogen and oxygen atoms in total. The zero-order valence-electron chi connectivity index (χ0n) is 19.2. The quantitative estimate of drug-likeness (QED) is 0.182. The highest BCUT2D eigenvalue weighted by molar-refractivity contribution is 5.92. The molecular formula is C28H32O4. The van der Waals surface area contributed by atoms with Crippen molar-refractivity contribution >= 4 is 5.97 Å². The molecular weight excluding hydrogens is 400 g/mol. The zero-order chi connectivity index (χ0) is 22.8. The fourth-order valence-corrected chi connectivity index (χ4v) is 3.44. The van der Waals surface area contributed by atoms with Gasteiger partial charge in [0.05, 0.1) is 18.3 Å². The van der Waals surface area contributed by atoms with E-state index in [9.17, 15) is 4.79 Å². The Morgan fingerprint density at radius 3 is 2.06 bits per heavy atom. The smallest absolute Gasteiger partial charge is 0.343 e. The summed E-state index contributed by atoms with van der Waals surface area (Å²) in [6, 6.07) is 23.1. The number of carbonyl (C=O) groups excluding carboxylic acids is 1. The second-order valence-corrected chi connectivity index (χ2v) is 7.69. The van der Waals surface area contributed by atoms with Crippen molar-refractivity contribution in [1.82, 2.24) is 0 Å². The average molecular weight is 433 g/mol. The molecule has 1 atom stereocenters. The van der Waals surface area contributed by atoms with Crippen LogP contribution < -0.4 is 9.47 Å². The van der Waals surface area contributed by atoms with Crippen LogP contribution in [0, 0.1) is 0 Å². The van der Waals surface area contributed by atoms with Crippen LogP contribution in [-0.2, 0) is 4.74 Å². The van der Waals surface area contributed by atoms with Gasteiger partial charge in [-0.15, -0.1) is 0 Å². The SMILES string of the molecule is CCCCCOc1ccccc1OC(=O)c1ccc(-c2ccc(C(C)OCC)cc2)cc1. The van der Waals surface area contributed by atoms with Crippen LogP contribution in [-0.4, -0.2) is 19.2 Å². The van der Waals surface area contributed by atoms with Crippen LogP contribution in [0.3, 0.4) is 0 Å². The molecule has 4 heteroatoms. The molecule has 168 valence electrons. The Morgan fingerprint density at radius 2 is 1.44 bits per heavy atom. The standard InChI is InChI=1S/C28H32O4/c1-4-6-9-20-31-26-10-7-8-11-27(26)32-28(29)25-18-16-24(17-19-25)23-14-12-22(13-15-23)21(3)30-5-2/h7-8,10-19,21H,4-6,9,20H2,1-3H3. The van der Waals surface area contributed by atoms with E-state index in [0.717, 1.165) is 36.0 Å². The van der Waals surface area contributed by atoms with E-state index < -0.39 is 5.97 Å². The molecule has 1 unspecified atom stereocenters. The Hall–Kier alpha value is -3.11. The van der Waals surface area contributed by atoms with Gasteiger partial charge >= 0.3 is 5.97 Å². The minimum atomic E-state index is -0.401. The molecule has 32 heavy (non-hydrogen) atoms. The maximum Gasteiger partial charge on any atom is 0.343 e. The van der Waals surface area contributed by atoms with E-state index >= 15 is 0 Å². The number of hydrogen-bond donors (Lipinski definition) is 0. The number of hydrogen-bond acceptors (Lipinski definition) is 4. The van der Waals surface area contributed by atoms with E-state index in [-0.39, 0.29) is 6.10 Å². The Bertz CT molecular complexity index is 977. The van der Waals surface area contributed by atoms with Gasteiger partial charge in [-0.1, -0.05) is 68.3 Å². The molecule has 0 fully saturated rings. The summed E-state index contributed by atoms with van der Waals surface area (Å²) in [7, 11) is 0. The fourth-order valence-electron chi connectivity index (χ4n) is 3.44. The predicted octanol–water partition coefficient (Wildman–Crippen LogP) is 7.24. The molecule has 0 radical (unpaired) electrons. The van der Waals surface area contributed by atoms with Crippen molar-refractivity contribution in [2.45, 2.75) is 46.1 Å². The summed E-state index contributed by atoms with van der Waals surface area (Å²) >= 11 is 0. The first kappa shape index (κ1) is 23.6. The Morgan fingerprint density at radius 1 is 0.812 bits per heavy atom. The Labute approximate surface area is 191 Å². The van der Waals surface area contributed by atoms with Crippen molar-refractivity contribution in [2.75, 3.05) is 13.2 Å². The molecule has 0 aromatic heterocycles. The van der Waals surface area contributed by atoms with Gasteiger partial charge in [0.2, 0.25) is 0 Å². The first-order chi connectivity index (χ1) is 15.6. The summed E-state index contributed by atoms with van der Waals surface area (Å²) in [6.07, 6.45) is 3.30. The van der Waals surface area contributed by atoms with Crippen LogP contribution in [0.15, 0.2) is 72.8 Å².